The van der Waals surface area contributed by atoms with Gasteiger partial charge in [0.15, 0.2) is 0 Å². The minimum atomic E-state index is -4.14. The number of halogens is 1. The van der Waals surface area contributed by atoms with E-state index in [1.54, 1.807) is 0 Å². The minimum absolute atomic E-state index is 0.0471. The molecule has 0 fully saturated rings. The number of hydrazine groups is 1. The van der Waals surface area contributed by atoms with Crippen LogP contribution in [-0.4, -0.2) is 24.2 Å². The molecule has 9 nitrogen and oxygen atoms in total. The number of nitro groups is 1. The van der Waals surface area contributed by atoms with Crippen LogP contribution in [0.15, 0.2) is 53.6 Å². The second-order valence-corrected chi connectivity index (χ2v) is 6.89. The molecule has 1 aromatic heterocycles. The molecule has 1 amide bonds. The smallest absolute Gasteiger partial charge is 0.269 e. The van der Waals surface area contributed by atoms with Crippen LogP contribution >= 0.6 is 0 Å². The number of hydrogen-bond acceptors (Lipinski definition) is 5. The van der Waals surface area contributed by atoms with Gasteiger partial charge in [0, 0.05) is 29.2 Å². The van der Waals surface area contributed by atoms with Crippen molar-refractivity contribution in [2.75, 3.05) is 0 Å². The quantitative estimate of drug-likeness (QED) is 0.460. The number of H-pyrrole nitrogens is 1. The van der Waals surface area contributed by atoms with Crippen LogP contribution in [0.5, 0.6) is 0 Å². The van der Waals surface area contributed by atoms with Crippen molar-refractivity contribution in [1.82, 2.24) is 15.2 Å². The van der Waals surface area contributed by atoms with Crippen LogP contribution in [0.25, 0.3) is 10.9 Å². The Balaban J connectivity index is 1.77. The number of amides is 1. The van der Waals surface area contributed by atoms with E-state index >= 15 is 0 Å². The summed E-state index contributed by atoms with van der Waals surface area (Å²) in [6.45, 7) is 0. The van der Waals surface area contributed by atoms with Crippen molar-refractivity contribution >= 4 is 32.5 Å². The van der Waals surface area contributed by atoms with E-state index in [2.05, 4.69) is 4.98 Å². The van der Waals surface area contributed by atoms with Gasteiger partial charge >= 0.3 is 0 Å². The molecule has 3 N–H and O–H groups in total. The maximum atomic E-state index is 13.3. The van der Waals surface area contributed by atoms with Gasteiger partial charge in [0.1, 0.15) is 5.82 Å². The lowest BCUT2D eigenvalue weighted by atomic mass is 10.1. The summed E-state index contributed by atoms with van der Waals surface area (Å²) in [5, 5.41) is 10.9. The van der Waals surface area contributed by atoms with Gasteiger partial charge in [-0.2, -0.15) is 0 Å². The van der Waals surface area contributed by atoms with E-state index in [9.17, 15) is 27.7 Å². The molecule has 0 bridgehead atoms. The van der Waals surface area contributed by atoms with E-state index in [0.29, 0.717) is 5.52 Å². The summed E-state index contributed by atoms with van der Waals surface area (Å²) in [7, 11) is -4.14. The summed E-state index contributed by atoms with van der Waals surface area (Å²) in [5.41, 5.74) is 2.31. The van der Waals surface area contributed by atoms with Gasteiger partial charge in [0.2, 0.25) is 0 Å². The highest BCUT2D eigenvalue weighted by Gasteiger charge is 2.19. The van der Waals surface area contributed by atoms with Crippen molar-refractivity contribution in [3.05, 3.63) is 70.2 Å². The molecule has 134 valence electrons. The van der Waals surface area contributed by atoms with Gasteiger partial charge in [-0.15, -0.1) is 4.83 Å². The van der Waals surface area contributed by atoms with Gasteiger partial charge in [0.05, 0.1) is 15.4 Å². The first kappa shape index (κ1) is 17.5. The van der Waals surface area contributed by atoms with Gasteiger partial charge in [-0.25, -0.2) is 12.8 Å². The average molecular weight is 378 g/mol. The van der Waals surface area contributed by atoms with Gasteiger partial charge in [-0.1, -0.05) is 0 Å². The summed E-state index contributed by atoms with van der Waals surface area (Å²) >= 11 is 0. The summed E-state index contributed by atoms with van der Waals surface area (Å²) in [6, 6.07) is 7.94. The van der Waals surface area contributed by atoms with Crippen molar-refractivity contribution in [1.29, 1.82) is 0 Å². The molecule has 0 aliphatic carbocycles. The molecular weight excluding hydrogens is 367 g/mol. The molecule has 26 heavy (non-hydrogen) atoms. The fraction of sp³-hybridized carbons (Fsp3) is 0. The fourth-order valence-electron chi connectivity index (χ4n) is 2.27. The Morgan fingerprint density at radius 2 is 1.85 bits per heavy atom. The number of carbonyl (C=O) groups is 1. The topological polar surface area (TPSA) is 134 Å². The largest absolute Gasteiger partial charge is 0.360 e. The molecule has 1 heterocycles. The highest BCUT2D eigenvalue weighted by molar-refractivity contribution is 7.89. The summed E-state index contributed by atoms with van der Waals surface area (Å²) in [6.07, 6.45) is 1.32. The van der Waals surface area contributed by atoms with Crippen molar-refractivity contribution in [3.8, 4) is 0 Å². The van der Waals surface area contributed by atoms with Crippen molar-refractivity contribution in [3.63, 3.8) is 0 Å². The highest BCUT2D eigenvalue weighted by Crippen LogP contribution is 2.19. The van der Waals surface area contributed by atoms with Crippen LogP contribution in [0, 0.1) is 15.9 Å². The number of benzene rings is 2. The Bertz CT molecular complexity index is 1110. The predicted octanol–water partition coefficient (Wildman–Crippen LogP) is 1.84. The van der Waals surface area contributed by atoms with E-state index in [1.165, 1.54) is 18.3 Å². The molecule has 0 saturated heterocycles. The second kappa shape index (κ2) is 6.54. The lowest BCUT2D eigenvalue weighted by Gasteiger charge is -2.08. The molecule has 11 heteroatoms. The van der Waals surface area contributed by atoms with Crippen molar-refractivity contribution in [2.24, 2.45) is 0 Å². The molecule has 0 aliphatic rings. The van der Waals surface area contributed by atoms with Crippen LogP contribution in [-0.2, 0) is 10.0 Å². The van der Waals surface area contributed by atoms with Crippen LogP contribution in [0.3, 0.4) is 0 Å². The second-order valence-electron chi connectivity index (χ2n) is 5.20. The molecule has 3 aromatic rings. The Labute approximate surface area is 146 Å². The number of fused-ring (bicyclic) bond motifs is 1. The van der Waals surface area contributed by atoms with Crippen LogP contribution in [0.2, 0.25) is 0 Å². The van der Waals surface area contributed by atoms with Crippen LogP contribution in [0.1, 0.15) is 10.4 Å². The number of nitrogens with zero attached hydrogens (tertiary/aromatic N) is 1. The predicted molar refractivity (Wildman–Crippen MR) is 89.1 cm³/mol. The molecule has 3 rings (SSSR count). The van der Waals surface area contributed by atoms with E-state index in [1.807, 2.05) is 10.3 Å². The van der Waals surface area contributed by atoms with E-state index in [4.69, 9.17) is 0 Å². The van der Waals surface area contributed by atoms with Crippen LogP contribution < -0.4 is 10.3 Å². The van der Waals surface area contributed by atoms with E-state index in [-0.39, 0.29) is 21.5 Å². The summed E-state index contributed by atoms with van der Waals surface area (Å²) in [4.78, 5) is 26.5. The SMILES string of the molecule is O=C(NNS(=O)(=O)c1ccc([N+](=O)[O-])cc1)c1c[nH]c2ccc(F)cc12. The highest BCUT2D eigenvalue weighted by atomic mass is 32.2. The van der Waals surface area contributed by atoms with Gasteiger partial charge < -0.3 is 4.98 Å². The lowest BCUT2D eigenvalue weighted by Crippen LogP contribution is -2.41. The normalized spacial score (nSPS) is 11.4. The molecule has 0 radical (unpaired) electrons. The molecule has 0 unspecified atom stereocenters. The number of carbonyl (C=O) groups excluding carboxylic acids is 1. The van der Waals surface area contributed by atoms with Crippen LogP contribution in [0.4, 0.5) is 10.1 Å². The Morgan fingerprint density at radius 3 is 2.50 bits per heavy atom. The molecule has 0 aliphatic heterocycles. The fourth-order valence-corrected chi connectivity index (χ4v) is 3.11. The minimum Gasteiger partial charge on any atom is -0.360 e. The number of aromatic nitrogens is 1. The number of nitro benzene ring substituents is 1. The Morgan fingerprint density at radius 1 is 1.15 bits per heavy atom. The zero-order valence-electron chi connectivity index (χ0n) is 12.9. The lowest BCUT2D eigenvalue weighted by molar-refractivity contribution is -0.384. The first-order valence-electron chi connectivity index (χ1n) is 7.11. The number of nitrogens with one attached hydrogen (secondary N) is 3. The third kappa shape index (κ3) is 3.38. The van der Waals surface area contributed by atoms with Gasteiger partial charge in [-0.05, 0) is 30.3 Å². The number of rotatable bonds is 5. The Hall–Kier alpha value is -3.31. The zero-order chi connectivity index (χ0) is 18.9. The number of sulfonamides is 1. The molecule has 0 spiro atoms. The molecule has 0 saturated carbocycles. The third-order valence-corrected chi connectivity index (χ3v) is 4.81. The molecule has 2 aromatic carbocycles. The van der Waals surface area contributed by atoms with Crippen molar-refractivity contribution in [2.45, 2.75) is 4.90 Å². The van der Waals surface area contributed by atoms with E-state index in [0.717, 1.165) is 30.3 Å². The molecular formula is C15H11FN4O5S. The molecule has 0 atom stereocenters. The average Bonchev–Trinajstić information content (AvgIpc) is 3.03. The Kier molecular flexibility index (Phi) is 4.40. The summed E-state index contributed by atoms with van der Waals surface area (Å²) < 4.78 is 37.6. The maximum Gasteiger partial charge on any atom is 0.269 e. The monoisotopic (exact) mass is 378 g/mol. The standard InChI is InChI=1S/C15H11FN4O5S/c16-9-1-6-14-12(7-9)13(8-17-14)15(21)18-19-26(24,25)11-4-2-10(3-5-11)20(22)23/h1-8,17,19H,(H,18,21). The maximum absolute atomic E-state index is 13.3. The van der Waals surface area contributed by atoms with E-state index < -0.39 is 26.7 Å². The number of hydrogen-bond donors (Lipinski definition) is 3. The zero-order valence-corrected chi connectivity index (χ0v) is 13.7. The third-order valence-electron chi connectivity index (χ3n) is 3.55. The summed E-state index contributed by atoms with van der Waals surface area (Å²) in [5.74, 6) is -1.34. The first-order valence-corrected chi connectivity index (χ1v) is 8.59. The number of non-ortho nitro benzene ring substituents is 1. The van der Waals surface area contributed by atoms with Crippen molar-refractivity contribution < 1.29 is 22.5 Å². The number of aromatic amines is 1. The van der Waals surface area contributed by atoms with Gasteiger partial charge in [0.25, 0.3) is 21.6 Å². The first-order chi connectivity index (χ1) is 12.3. The van der Waals surface area contributed by atoms with Gasteiger partial charge in [-0.3, -0.25) is 20.3 Å².